The maximum absolute atomic E-state index is 5.26. The molecule has 0 radical (unpaired) electrons. The SMILES string of the molecule is COc1ccc([C@@H]2CCN(c3cc(C)nc(-c4ccncc4)n3)C2)cc1. The van der Waals surface area contributed by atoms with Crippen LogP contribution in [0.15, 0.2) is 54.9 Å². The highest BCUT2D eigenvalue weighted by atomic mass is 16.5. The maximum Gasteiger partial charge on any atom is 0.161 e. The fraction of sp³-hybridized carbons (Fsp3) is 0.286. The highest BCUT2D eigenvalue weighted by molar-refractivity contribution is 5.57. The number of nitrogens with zero attached hydrogens (tertiary/aromatic N) is 4. The van der Waals surface area contributed by atoms with Crippen LogP contribution in [0.2, 0.25) is 0 Å². The van der Waals surface area contributed by atoms with Crippen LogP contribution in [-0.2, 0) is 0 Å². The molecule has 2 aromatic heterocycles. The molecule has 0 unspecified atom stereocenters. The first-order valence-electron chi connectivity index (χ1n) is 8.88. The summed E-state index contributed by atoms with van der Waals surface area (Å²) < 4.78 is 5.26. The van der Waals surface area contributed by atoms with Crippen LogP contribution < -0.4 is 9.64 Å². The van der Waals surface area contributed by atoms with Gasteiger partial charge in [-0.05, 0) is 43.2 Å². The highest BCUT2D eigenvalue weighted by Gasteiger charge is 2.25. The Morgan fingerprint density at radius 2 is 1.81 bits per heavy atom. The van der Waals surface area contributed by atoms with Crippen LogP contribution in [0, 0.1) is 6.92 Å². The lowest BCUT2D eigenvalue weighted by molar-refractivity contribution is 0.414. The van der Waals surface area contributed by atoms with Crippen LogP contribution >= 0.6 is 0 Å². The van der Waals surface area contributed by atoms with Crippen LogP contribution in [0.1, 0.15) is 23.6 Å². The molecule has 5 nitrogen and oxygen atoms in total. The number of benzene rings is 1. The van der Waals surface area contributed by atoms with Crippen LogP contribution in [0.3, 0.4) is 0 Å². The van der Waals surface area contributed by atoms with Gasteiger partial charge in [0.1, 0.15) is 11.6 Å². The topological polar surface area (TPSA) is 51.1 Å². The Kier molecular flexibility index (Phi) is 4.52. The van der Waals surface area contributed by atoms with E-state index in [0.717, 1.165) is 48.2 Å². The van der Waals surface area contributed by atoms with Gasteiger partial charge < -0.3 is 9.64 Å². The van der Waals surface area contributed by atoms with Crippen molar-refractivity contribution in [3.63, 3.8) is 0 Å². The predicted octanol–water partition coefficient (Wildman–Crippen LogP) is 3.85. The van der Waals surface area contributed by atoms with E-state index >= 15 is 0 Å². The molecule has 0 spiro atoms. The smallest absolute Gasteiger partial charge is 0.161 e. The summed E-state index contributed by atoms with van der Waals surface area (Å²) in [4.78, 5) is 15.8. The zero-order valence-corrected chi connectivity index (χ0v) is 15.1. The number of aromatic nitrogens is 3. The summed E-state index contributed by atoms with van der Waals surface area (Å²) in [6.07, 6.45) is 4.67. The monoisotopic (exact) mass is 346 g/mol. The van der Waals surface area contributed by atoms with E-state index in [1.54, 1.807) is 19.5 Å². The van der Waals surface area contributed by atoms with Gasteiger partial charge in [0.2, 0.25) is 0 Å². The van der Waals surface area contributed by atoms with Gasteiger partial charge >= 0.3 is 0 Å². The molecule has 0 N–H and O–H groups in total. The molecule has 26 heavy (non-hydrogen) atoms. The number of hydrogen-bond donors (Lipinski definition) is 0. The molecule has 0 aliphatic carbocycles. The summed E-state index contributed by atoms with van der Waals surface area (Å²) in [6, 6.07) is 14.4. The van der Waals surface area contributed by atoms with Crippen LogP contribution in [-0.4, -0.2) is 35.2 Å². The average Bonchev–Trinajstić information content (AvgIpc) is 3.18. The van der Waals surface area contributed by atoms with Crippen LogP contribution in [0.25, 0.3) is 11.4 Å². The van der Waals surface area contributed by atoms with Gasteiger partial charge in [0, 0.05) is 48.7 Å². The van der Waals surface area contributed by atoms with Crippen molar-refractivity contribution in [1.82, 2.24) is 15.0 Å². The zero-order valence-electron chi connectivity index (χ0n) is 15.1. The summed E-state index contributed by atoms with van der Waals surface area (Å²) in [5.74, 6) is 3.17. The minimum absolute atomic E-state index is 0.514. The number of anilines is 1. The Balaban J connectivity index is 1.56. The summed E-state index contributed by atoms with van der Waals surface area (Å²) in [7, 11) is 1.70. The van der Waals surface area contributed by atoms with Crippen LogP contribution in [0.4, 0.5) is 5.82 Å². The lowest BCUT2D eigenvalue weighted by Crippen LogP contribution is -2.21. The number of hydrogen-bond acceptors (Lipinski definition) is 5. The van der Waals surface area contributed by atoms with Gasteiger partial charge in [-0.15, -0.1) is 0 Å². The third-order valence-corrected chi connectivity index (χ3v) is 4.88. The first kappa shape index (κ1) is 16.5. The van der Waals surface area contributed by atoms with Crippen molar-refractivity contribution in [2.45, 2.75) is 19.3 Å². The Labute approximate surface area is 153 Å². The normalized spacial score (nSPS) is 16.7. The van der Waals surface area contributed by atoms with Crippen molar-refractivity contribution in [3.05, 3.63) is 66.1 Å². The van der Waals surface area contributed by atoms with Gasteiger partial charge in [-0.1, -0.05) is 12.1 Å². The quantitative estimate of drug-likeness (QED) is 0.718. The molecule has 3 aromatic rings. The minimum Gasteiger partial charge on any atom is -0.497 e. The molecule has 132 valence electrons. The average molecular weight is 346 g/mol. The van der Waals surface area contributed by atoms with Gasteiger partial charge in [-0.2, -0.15) is 0 Å². The Hall–Kier alpha value is -2.95. The second-order valence-electron chi connectivity index (χ2n) is 6.63. The Bertz CT molecular complexity index is 880. The molecule has 5 heteroatoms. The molecule has 4 rings (SSSR count). The molecule has 1 saturated heterocycles. The summed E-state index contributed by atoms with van der Waals surface area (Å²) in [5, 5.41) is 0. The molecule has 3 heterocycles. The largest absolute Gasteiger partial charge is 0.497 e. The van der Waals surface area contributed by atoms with Crippen molar-refractivity contribution in [1.29, 1.82) is 0 Å². The number of ether oxygens (including phenoxy) is 1. The third kappa shape index (κ3) is 3.38. The summed E-state index contributed by atoms with van der Waals surface area (Å²) >= 11 is 0. The Morgan fingerprint density at radius 3 is 2.54 bits per heavy atom. The first-order chi connectivity index (χ1) is 12.7. The molecule has 0 amide bonds. The van der Waals surface area contributed by atoms with Gasteiger partial charge in [0.15, 0.2) is 5.82 Å². The lowest BCUT2D eigenvalue weighted by Gasteiger charge is -2.19. The van der Waals surface area contributed by atoms with Crippen molar-refractivity contribution in [2.75, 3.05) is 25.1 Å². The number of methoxy groups -OCH3 is 1. The van der Waals surface area contributed by atoms with E-state index in [-0.39, 0.29) is 0 Å². The van der Waals surface area contributed by atoms with Gasteiger partial charge in [0.05, 0.1) is 7.11 Å². The predicted molar refractivity (Wildman–Crippen MR) is 103 cm³/mol. The molecule has 0 bridgehead atoms. The second kappa shape index (κ2) is 7.12. The van der Waals surface area contributed by atoms with Crippen molar-refractivity contribution < 1.29 is 4.74 Å². The Morgan fingerprint density at radius 1 is 1.04 bits per heavy atom. The molecular formula is C21H22N4O. The molecule has 1 atom stereocenters. The first-order valence-corrected chi connectivity index (χ1v) is 8.88. The van der Waals surface area contributed by atoms with Crippen molar-refractivity contribution >= 4 is 5.82 Å². The van der Waals surface area contributed by atoms with Crippen LogP contribution in [0.5, 0.6) is 5.75 Å². The van der Waals surface area contributed by atoms with Crippen molar-refractivity contribution in [2.24, 2.45) is 0 Å². The van der Waals surface area contributed by atoms with E-state index in [2.05, 4.69) is 33.1 Å². The zero-order chi connectivity index (χ0) is 17.9. The fourth-order valence-corrected chi connectivity index (χ4v) is 3.46. The number of aryl methyl sites for hydroxylation is 1. The number of rotatable bonds is 4. The summed E-state index contributed by atoms with van der Waals surface area (Å²) in [6.45, 7) is 3.99. The van der Waals surface area contributed by atoms with E-state index in [0.29, 0.717) is 5.92 Å². The number of pyridine rings is 1. The van der Waals surface area contributed by atoms with Gasteiger partial charge in [-0.3, -0.25) is 4.98 Å². The van der Waals surface area contributed by atoms with E-state index in [1.165, 1.54) is 5.56 Å². The van der Waals surface area contributed by atoms with Crippen molar-refractivity contribution in [3.8, 4) is 17.1 Å². The molecule has 1 aliphatic heterocycles. The highest BCUT2D eigenvalue weighted by Crippen LogP contribution is 2.31. The maximum atomic E-state index is 5.26. The second-order valence-corrected chi connectivity index (χ2v) is 6.63. The molecule has 1 fully saturated rings. The standard InChI is InChI=1S/C21H22N4O/c1-15-13-20(24-21(23-15)17-7-10-22-11-8-17)25-12-9-18(14-25)16-3-5-19(26-2)6-4-16/h3-8,10-11,13,18H,9,12,14H2,1-2H3/t18-/m1/s1. The van der Waals surface area contributed by atoms with Gasteiger partial charge in [0.25, 0.3) is 0 Å². The minimum atomic E-state index is 0.514. The summed E-state index contributed by atoms with van der Waals surface area (Å²) in [5.41, 5.74) is 3.33. The van der Waals surface area contributed by atoms with E-state index in [9.17, 15) is 0 Å². The molecule has 1 aromatic carbocycles. The van der Waals surface area contributed by atoms with E-state index < -0.39 is 0 Å². The van der Waals surface area contributed by atoms with Gasteiger partial charge in [-0.25, -0.2) is 9.97 Å². The molecule has 1 aliphatic rings. The lowest BCUT2D eigenvalue weighted by atomic mass is 9.98. The fourth-order valence-electron chi connectivity index (χ4n) is 3.46. The van der Waals surface area contributed by atoms with E-state index in [1.807, 2.05) is 31.2 Å². The molecule has 0 saturated carbocycles. The third-order valence-electron chi connectivity index (χ3n) is 4.88. The molecular weight excluding hydrogens is 324 g/mol. The van der Waals surface area contributed by atoms with E-state index in [4.69, 9.17) is 9.72 Å².